The van der Waals surface area contributed by atoms with Crippen molar-refractivity contribution in [3.8, 4) is 11.5 Å². The molecule has 2 aromatic rings. The minimum absolute atomic E-state index is 0.399. The lowest BCUT2D eigenvalue weighted by atomic mass is 10.1. The summed E-state index contributed by atoms with van der Waals surface area (Å²) in [7, 11) is 0. The SMILES string of the molecule is CCNC(C(N)=O)c1cccc(Oc2ccccc2)c1. The molecule has 2 aromatic carbocycles. The number of carbonyl (C=O) groups is 1. The fraction of sp³-hybridized carbons (Fsp3) is 0.188. The minimum Gasteiger partial charge on any atom is -0.457 e. The van der Waals surface area contributed by atoms with Crippen LogP contribution < -0.4 is 15.8 Å². The van der Waals surface area contributed by atoms with E-state index in [-0.39, 0.29) is 0 Å². The summed E-state index contributed by atoms with van der Waals surface area (Å²) in [6, 6.07) is 16.4. The van der Waals surface area contributed by atoms with E-state index < -0.39 is 11.9 Å². The number of para-hydroxylation sites is 1. The molecule has 4 nitrogen and oxygen atoms in total. The highest BCUT2D eigenvalue weighted by Crippen LogP contribution is 2.24. The van der Waals surface area contributed by atoms with Crippen molar-refractivity contribution in [1.29, 1.82) is 0 Å². The quantitative estimate of drug-likeness (QED) is 0.848. The van der Waals surface area contributed by atoms with Crippen LogP contribution in [0.3, 0.4) is 0 Å². The molecular formula is C16H18N2O2. The zero-order chi connectivity index (χ0) is 14.4. The fourth-order valence-electron chi connectivity index (χ4n) is 1.97. The Bertz CT molecular complexity index is 570. The maximum Gasteiger partial charge on any atom is 0.239 e. The van der Waals surface area contributed by atoms with Gasteiger partial charge in [-0.3, -0.25) is 4.79 Å². The molecule has 1 atom stereocenters. The maximum atomic E-state index is 11.5. The number of hydrogen-bond donors (Lipinski definition) is 2. The van der Waals surface area contributed by atoms with Gasteiger partial charge in [0.1, 0.15) is 17.5 Å². The second-order valence-corrected chi connectivity index (χ2v) is 4.38. The van der Waals surface area contributed by atoms with Crippen molar-refractivity contribution in [3.05, 3.63) is 60.2 Å². The minimum atomic E-state index is -0.501. The molecule has 0 fully saturated rings. The van der Waals surface area contributed by atoms with Crippen molar-refractivity contribution in [3.63, 3.8) is 0 Å². The van der Waals surface area contributed by atoms with Crippen molar-refractivity contribution >= 4 is 5.91 Å². The van der Waals surface area contributed by atoms with E-state index in [0.717, 1.165) is 11.3 Å². The molecule has 0 heterocycles. The van der Waals surface area contributed by atoms with Crippen LogP contribution in [0, 0.1) is 0 Å². The monoisotopic (exact) mass is 270 g/mol. The molecule has 1 unspecified atom stereocenters. The molecule has 0 spiro atoms. The number of nitrogens with one attached hydrogen (secondary N) is 1. The molecule has 2 rings (SSSR count). The van der Waals surface area contributed by atoms with E-state index in [9.17, 15) is 4.79 Å². The highest BCUT2D eigenvalue weighted by atomic mass is 16.5. The third-order valence-corrected chi connectivity index (χ3v) is 2.86. The average Bonchev–Trinajstić information content (AvgIpc) is 2.46. The van der Waals surface area contributed by atoms with Crippen molar-refractivity contribution in [2.45, 2.75) is 13.0 Å². The number of ether oxygens (including phenoxy) is 1. The van der Waals surface area contributed by atoms with Gasteiger partial charge in [0.2, 0.25) is 5.91 Å². The number of carbonyl (C=O) groups excluding carboxylic acids is 1. The first-order valence-electron chi connectivity index (χ1n) is 6.56. The van der Waals surface area contributed by atoms with Crippen LogP contribution in [-0.4, -0.2) is 12.5 Å². The van der Waals surface area contributed by atoms with E-state index in [4.69, 9.17) is 10.5 Å². The van der Waals surface area contributed by atoms with Crippen LogP contribution >= 0.6 is 0 Å². The normalized spacial score (nSPS) is 11.8. The van der Waals surface area contributed by atoms with E-state index >= 15 is 0 Å². The van der Waals surface area contributed by atoms with Crippen LogP contribution in [0.5, 0.6) is 11.5 Å². The predicted molar refractivity (Wildman–Crippen MR) is 78.6 cm³/mol. The fourth-order valence-corrected chi connectivity index (χ4v) is 1.97. The molecule has 1 amide bonds. The van der Waals surface area contributed by atoms with Gasteiger partial charge in [-0.1, -0.05) is 37.3 Å². The lowest BCUT2D eigenvalue weighted by Crippen LogP contribution is -2.33. The van der Waals surface area contributed by atoms with Gasteiger partial charge < -0.3 is 15.8 Å². The summed E-state index contributed by atoms with van der Waals surface area (Å²) in [6.45, 7) is 2.59. The van der Waals surface area contributed by atoms with Crippen LogP contribution in [-0.2, 0) is 4.79 Å². The molecule has 0 aliphatic heterocycles. The number of primary amides is 1. The summed E-state index contributed by atoms with van der Waals surface area (Å²) in [5.74, 6) is 1.03. The number of likely N-dealkylation sites (N-methyl/N-ethyl adjacent to an activating group) is 1. The lowest BCUT2D eigenvalue weighted by molar-refractivity contribution is -0.120. The van der Waals surface area contributed by atoms with E-state index in [2.05, 4.69) is 5.32 Å². The molecule has 0 radical (unpaired) electrons. The summed E-state index contributed by atoms with van der Waals surface area (Å²) in [5.41, 5.74) is 6.21. The van der Waals surface area contributed by atoms with E-state index in [1.54, 1.807) is 0 Å². The number of amides is 1. The van der Waals surface area contributed by atoms with Crippen molar-refractivity contribution in [2.75, 3.05) is 6.54 Å². The average molecular weight is 270 g/mol. The van der Waals surface area contributed by atoms with Crippen LogP contribution in [0.2, 0.25) is 0 Å². The molecule has 0 aliphatic rings. The highest BCUT2D eigenvalue weighted by molar-refractivity contribution is 5.81. The van der Waals surface area contributed by atoms with Gasteiger partial charge in [0.15, 0.2) is 0 Å². The number of rotatable bonds is 6. The molecule has 4 heteroatoms. The molecule has 20 heavy (non-hydrogen) atoms. The van der Waals surface area contributed by atoms with Gasteiger partial charge in [-0.2, -0.15) is 0 Å². The summed E-state index contributed by atoms with van der Waals surface area (Å²) >= 11 is 0. The summed E-state index contributed by atoms with van der Waals surface area (Å²) in [5, 5.41) is 3.06. The van der Waals surface area contributed by atoms with Crippen molar-refractivity contribution < 1.29 is 9.53 Å². The van der Waals surface area contributed by atoms with Gasteiger partial charge in [0, 0.05) is 0 Å². The Labute approximate surface area is 118 Å². The number of benzene rings is 2. The molecule has 0 saturated heterocycles. The number of nitrogens with two attached hydrogens (primary N) is 1. The molecule has 0 bridgehead atoms. The summed E-state index contributed by atoms with van der Waals surface area (Å²) < 4.78 is 5.75. The smallest absolute Gasteiger partial charge is 0.239 e. The largest absolute Gasteiger partial charge is 0.457 e. The van der Waals surface area contributed by atoms with Crippen molar-refractivity contribution in [1.82, 2.24) is 5.32 Å². The molecule has 0 saturated carbocycles. The van der Waals surface area contributed by atoms with Gasteiger partial charge in [0.05, 0.1) is 0 Å². The topological polar surface area (TPSA) is 64.3 Å². The van der Waals surface area contributed by atoms with E-state index in [1.165, 1.54) is 0 Å². The van der Waals surface area contributed by atoms with Crippen LogP contribution in [0.25, 0.3) is 0 Å². The summed E-state index contributed by atoms with van der Waals surface area (Å²) in [4.78, 5) is 11.5. The Balaban J connectivity index is 2.21. The Morgan fingerprint density at radius 3 is 2.50 bits per heavy atom. The zero-order valence-electron chi connectivity index (χ0n) is 11.4. The first-order valence-corrected chi connectivity index (χ1v) is 6.56. The Hall–Kier alpha value is -2.33. The Morgan fingerprint density at radius 1 is 1.15 bits per heavy atom. The lowest BCUT2D eigenvalue weighted by Gasteiger charge is -2.15. The second kappa shape index (κ2) is 6.73. The van der Waals surface area contributed by atoms with Gasteiger partial charge in [-0.15, -0.1) is 0 Å². The first-order chi connectivity index (χ1) is 9.70. The first kappa shape index (κ1) is 14.1. The van der Waals surface area contributed by atoms with Crippen LogP contribution in [0.1, 0.15) is 18.5 Å². The standard InChI is InChI=1S/C16H18N2O2/c1-2-18-15(16(17)19)12-7-6-10-14(11-12)20-13-8-4-3-5-9-13/h3-11,15,18H,2H2,1H3,(H2,17,19). The van der Waals surface area contributed by atoms with Gasteiger partial charge >= 0.3 is 0 Å². The third kappa shape index (κ3) is 3.59. The second-order valence-electron chi connectivity index (χ2n) is 4.38. The Morgan fingerprint density at radius 2 is 1.85 bits per heavy atom. The van der Waals surface area contributed by atoms with E-state index in [0.29, 0.717) is 12.3 Å². The highest BCUT2D eigenvalue weighted by Gasteiger charge is 2.16. The number of hydrogen-bond acceptors (Lipinski definition) is 3. The van der Waals surface area contributed by atoms with Gasteiger partial charge in [0.25, 0.3) is 0 Å². The van der Waals surface area contributed by atoms with Crippen LogP contribution in [0.4, 0.5) is 0 Å². The van der Waals surface area contributed by atoms with Gasteiger partial charge in [-0.05, 0) is 36.4 Å². The van der Waals surface area contributed by atoms with Crippen LogP contribution in [0.15, 0.2) is 54.6 Å². The van der Waals surface area contributed by atoms with Gasteiger partial charge in [-0.25, -0.2) is 0 Å². The van der Waals surface area contributed by atoms with E-state index in [1.807, 2.05) is 61.5 Å². The van der Waals surface area contributed by atoms with Crippen molar-refractivity contribution in [2.24, 2.45) is 5.73 Å². The zero-order valence-corrected chi connectivity index (χ0v) is 11.4. The molecule has 0 aromatic heterocycles. The molecule has 104 valence electrons. The molecule has 0 aliphatic carbocycles. The third-order valence-electron chi connectivity index (χ3n) is 2.86. The molecular weight excluding hydrogens is 252 g/mol. The maximum absolute atomic E-state index is 11.5. The predicted octanol–water partition coefficient (Wildman–Crippen LogP) is 2.61. The Kier molecular flexibility index (Phi) is 4.74. The summed E-state index contributed by atoms with van der Waals surface area (Å²) in [6.07, 6.45) is 0. The molecule has 3 N–H and O–H groups in total.